The van der Waals surface area contributed by atoms with Gasteiger partial charge in [-0.15, -0.1) is 0 Å². The maximum Gasteiger partial charge on any atom is 0.404 e. The van der Waals surface area contributed by atoms with Crippen LogP contribution >= 0.6 is 0 Å². The van der Waals surface area contributed by atoms with Crippen molar-refractivity contribution in [1.29, 1.82) is 0 Å². The molecule has 0 fully saturated rings. The molecular formula is C31H34N4O6. The molecule has 10 heteroatoms. The number of likely N-dealkylation sites (N-methyl/N-ethyl adjacent to an activating group) is 1. The number of aromatic nitrogens is 1. The van der Waals surface area contributed by atoms with Gasteiger partial charge in [0.05, 0.1) is 18.0 Å². The molecule has 1 atom stereocenters. The fourth-order valence-electron chi connectivity index (χ4n) is 4.76. The van der Waals surface area contributed by atoms with Gasteiger partial charge in [0.2, 0.25) is 5.91 Å². The fraction of sp³-hybridized carbons (Fsp3) is 0.290. The van der Waals surface area contributed by atoms with Gasteiger partial charge in [0.1, 0.15) is 11.8 Å². The minimum Gasteiger partial charge on any atom is -0.497 e. The molecule has 0 bridgehead atoms. The van der Waals surface area contributed by atoms with Crippen molar-refractivity contribution in [2.75, 3.05) is 19.0 Å². The summed E-state index contributed by atoms with van der Waals surface area (Å²) in [6, 6.07) is 18.1. The number of benzene rings is 3. The summed E-state index contributed by atoms with van der Waals surface area (Å²) in [5.41, 5.74) is 3.60. The van der Waals surface area contributed by atoms with Gasteiger partial charge < -0.3 is 29.8 Å². The van der Waals surface area contributed by atoms with Crippen LogP contribution in [0.25, 0.3) is 10.9 Å². The van der Waals surface area contributed by atoms with Gasteiger partial charge in [0.25, 0.3) is 6.01 Å². The first-order valence-corrected chi connectivity index (χ1v) is 13.3. The smallest absolute Gasteiger partial charge is 0.404 e. The number of aryl methyl sites for hydroxylation is 2. The number of hydrogen-bond donors (Lipinski definition) is 3. The predicted molar refractivity (Wildman–Crippen MR) is 156 cm³/mol. The van der Waals surface area contributed by atoms with Gasteiger partial charge in [0.15, 0.2) is 0 Å². The van der Waals surface area contributed by atoms with Crippen LogP contribution in [0.5, 0.6) is 5.75 Å². The molecule has 10 nitrogen and oxygen atoms in total. The number of amides is 2. The zero-order valence-electron chi connectivity index (χ0n) is 23.6. The van der Waals surface area contributed by atoms with Crippen LogP contribution in [0, 0.1) is 13.8 Å². The number of carboxylic acid groups (broad SMARTS) is 1. The van der Waals surface area contributed by atoms with Gasteiger partial charge in [-0.2, -0.15) is 4.98 Å². The van der Waals surface area contributed by atoms with Crippen molar-refractivity contribution < 1.29 is 23.8 Å². The number of fused-ring (bicyclic) bond motifs is 1. The largest absolute Gasteiger partial charge is 0.497 e. The van der Waals surface area contributed by atoms with Crippen molar-refractivity contribution in [3.8, 4) is 5.75 Å². The van der Waals surface area contributed by atoms with E-state index in [4.69, 9.17) is 14.3 Å². The highest BCUT2D eigenvalue weighted by atomic mass is 16.5. The predicted octanol–water partition coefficient (Wildman–Crippen LogP) is 4.65. The van der Waals surface area contributed by atoms with Crippen LogP contribution in [0.2, 0.25) is 0 Å². The van der Waals surface area contributed by atoms with Crippen LogP contribution in [0.4, 0.5) is 10.8 Å². The average Bonchev–Trinajstić information content (AvgIpc) is 2.97. The first kappa shape index (κ1) is 29.1. The Kier molecular flexibility index (Phi) is 9.23. The summed E-state index contributed by atoms with van der Waals surface area (Å²) in [7, 11) is 1.59. The number of carbonyl (C=O) groups is 2. The number of carbonyl (C=O) groups excluding carboxylic acids is 1. The lowest BCUT2D eigenvalue weighted by Crippen LogP contribution is -2.44. The molecule has 214 valence electrons. The summed E-state index contributed by atoms with van der Waals surface area (Å²) in [6.45, 7) is 6.39. The first-order valence-electron chi connectivity index (χ1n) is 13.3. The number of anilines is 1. The molecule has 41 heavy (non-hydrogen) atoms. The topological polar surface area (TPSA) is 134 Å². The standard InChI is InChI=1S/C31H34N4O6/c1-5-35(18-22-9-7-6-8-10-22)28(36)25(16-21-11-13-24(40-4)14-12-21)33-30-34-27-19(2)15-23(17-32-31(38)39)20(3)26(27)29(37)41-30/h6-15,25,32H,5,16-18H2,1-4H3,(H,33,34)(H,38,39)/t25-/m0/s1. The van der Waals surface area contributed by atoms with Crippen LogP contribution in [-0.2, 0) is 24.3 Å². The third-order valence-electron chi connectivity index (χ3n) is 7.00. The Balaban J connectivity index is 1.69. The summed E-state index contributed by atoms with van der Waals surface area (Å²) in [5, 5.41) is 14.7. The lowest BCUT2D eigenvalue weighted by molar-refractivity contribution is -0.132. The zero-order chi connectivity index (χ0) is 29.5. The molecule has 1 heterocycles. The van der Waals surface area contributed by atoms with E-state index in [1.165, 1.54) is 0 Å². The van der Waals surface area contributed by atoms with Crippen LogP contribution in [-0.4, -0.2) is 46.7 Å². The van der Waals surface area contributed by atoms with Crippen molar-refractivity contribution in [2.24, 2.45) is 0 Å². The molecule has 4 aromatic rings. The van der Waals surface area contributed by atoms with E-state index in [1.54, 1.807) is 31.9 Å². The van der Waals surface area contributed by atoms with Gasteiger partial charge >= 0.3 is 11.7 Å². The van der Waals surface area contributed by atoms with E-state index < -0.39 is 17.8 Å². The SMILES string of the molecule is CCN(Cc1ccccc1)C(=O)[C@H](Cc1ccc(OC)cc1)Nc1nc2c(C)cc(CNC(=O)O)c(C)c2c(=O)o1. The molecule has 0 spiro atoms. The Hall–Kier alpha value is -4.86. The molecular weight excluding hydrogens is 524 g/mol. The molecule has 1 aromatic heterocycles. The lowest BCUT2D eigenvalue weighted by atomic mass is 10.0. The molecule has 3 aromatic carbocycles. The third-order valence-corrected chi connectivity index (χ3v) is 7.00. The number of hydrogen-bond acceptors (Lipinski definition) is 7. The molecule has 4 rings (SSSR count). The normalized spacial score (nSPS) is 11.6. The molecule has 2 amide bonds. The highest BCUT2D eigenvalue weighted by molar-refractivity contribution is 5.87. The second kappa shape index (κ2) is 13.0. The summed E-state index contributed by atoms with van der Waals surface area (Å²) in [5.74, 6) is 0.537. The summed E-state index contributed by atoms with van der Waals surface area (Å²) in [6.07, 6.45) is -0.845. The van der Waals surface area contributed by atoms with Crippen molar-refractivity contribution in [3.05, 3.63) is 98.9 Å². The lowest BCUT2D eigenvalue weighted by Gasteiger charge is -2.27. The van der Waals surface area contributed by atoms with Gasteiger partial charge in [-0.25, -0.2) is 9.59 Å². The summed E-state index contributed by atoms with van der Waals surface area (Å²) < 4.78 is 10.9. The number of methoxy groups -OCH3 is 1. The van der Waals surface area contributed by atoms with E-state index in [1.807, 2.05) is 61.5 Å². The van der Waals surface area contributed by atoms with Gasteiger partial charge in [-0.1, -0.05) is 48.5 Å². The Morgan fingerprint density at radius 3 is 2.41 bits per heavy atom. The highest BCUT2D eigenvalue weighted by Gasteiger charge is 2.26. The maximum absolute atomic E-state index is 13.9. The van der Waals surface area contributed by atoms with Crippen LogP contribution < -0.4 is 21.0 Å². The molecule has 0 unspecified atom stereocenters. The summed E-state index contributed by atoms with van der Waals surface area (Å²) >= 11 is 0. The molecule has 0 aliphatic carbocycles. The molecule has 0 aliphatic heterocycles. The first-order chi connectivity index (χ1) is 19.7. The van der Waals surface area contributed by atoms with E-state index in [2.05, 4.69) is 15.6 Å². The Morgan fingerprint density at radius 1 is 1.07 bits per heavy atom. The minimum absolute atomic E-state index is 0.0457. The molecule has 0 radical (unpaired) electrons. The van der Waals surface area contributed by atoms with E-state index in [9.17, 15) is 14.4 Å². The van der Waals surface area contributed by atoms with Crippen LogP contribution in [0.1, 0.15) is 34.7 Å². The molecule has 0 saturated carbocycles. The Labute approximate surface area is 238 Å². The van der Waals surface area contributed by atoms with Gasteiger partial charge in [-0.05, 0) is 60.7 Å². The number of nitrogens with zero attached hydrogens (tertiary/aromatic N) is 2. The molecule has 0 aliphatic rings. The fourth-order valence-corrected chi connectivity index (χ4v) is 4.76. The van der Waals surface area contributed by atoms with Gasteiger partial charge in [-0.3, -0.25) is 4.79 Å². The zero-order valence-corrected chi connectivity index (χ0v) is 23.6. The molecule has 0 saturated heterocycles. The van der Waals surface area contributed by atoms with Crippen molar-refractivity contribution in [2.45, 2.75) is 46.3 Å². The molecule has 3 N–H and O–H groups in total. The minimum atomic E-state index is -1.16. The third kappa shape index (κ3) is 7.02. The van der Waals surface area contributed by atoms with E-state index in [-0.39, 0.29) is 23.9 Å². The Morgan fingerprint density at radius 2 is 1.78 bits per heavy atom. The summed E-state index contributed by atoms with van der Waals surface area (Å²) in [4.78, 5) is 44.4. The van der Waals surface area contributed by atoms with E-state index >= 15 is 0 Å². The van der Waals surface area contributed by atoms with E-state index in [0.29, 0.717) is 47.5 Å². The van der Waals surface area contributed by atoms with E-state index in [0.717, 1.165) is 11.1 Å². The van der Waals surface area contributed by atoms with Crippen LogP contribution in [0.15, 0.2) is 69.9 Å². The number of nitrogens with one attached hydrogen (secondary N) is 2. The monoisotopic (exact) mass is 558 g/mol. The van der Waals surface area contributed by atoms with Gasteiger partial charge in [0, 0.05) is 26.1 Å². The van der Waals surface area contributed by atoms with Crippen molar-refractivity contribution >= 4 is 28.9 Å². The average molecular weight is 559 g/mol. The number of rotatable bonds is 11. The van der Waals surface area contributed by atoms with Crippen LogP contribution in [0.3, 0.4) is 0 Å². The number of ether oxygens (including phenoxy) is 1. The highest BCUT2D eigenvalue weighted by Crippen LogP contribution is 2.24. The second-order valence-corrected chi connectivity index (χ2v) is 9.75. The van der Waals surface area contributed by atoms with Crippen molar-refractivity contribution in [1.82, 2.24) is 15.2 Å². The Bertz CT molecular complexity index is 1580. The maximum atomic E-state index is 13.9. The van der Waals surface area contributed by atoms with Crippen molar-refractivity contribution in [3.63, 3.8) is 0 Å². The quantitative estimate of drug-likeness (QED) is 0.242. The second-order valence-electron chi connectivity index (χ2n) is 9.75.